The van der Waals surface area contributed by atoms with E-state index >= 15 is 0 Å². The number of ether oxygens (including phenoxy) is 1. The molecule has 1 aromatic rings. The van der Waals surface area contributed by atoms with Crippen molar-refractivity contribution in [2.24, 2.45) is 11.3 Å². The fourth-order valence-corrected chi connectivity index (χ4v) is 5.30. The van der Waals surface area contributed by atoms with Crippen LogP contribution in [0.5, 0.6) is 0 Å². The van der Waals surface area contributed by atoms with E-state index in [4.69, 9.17) is 4.74 Å². The van der Waals surface area contributed by atoms with Crippen LogP contribution >= 0.6 is 0 Å². The largest absolute Gasteiger partial charge is 0.504 e. The predicted molar refractivity (Wildman–Crippen MR) is 92.6 cm³/mol. The van der Waals surface area contributed by atoms with Gasteiger partial charge in [0, 0.05) is 37.8 Å². The quantitative estimate of drug-likeness (QED) is 0.783. The molecule has 5 rings (SSSR count). The van der Waals surface area contributed by atoms with Gasteiger partial charge in [-0.05, 0) is 30.7 Å². The lowest BCUT2D eigenvalue weighted by atomic mass is 9.56. The summed E-state index contributed by atoms with van der Waals surface area (Å²) in [5, 5.41) is 6.29. The summed E-state index contributed by atoms with van der Waals surface area (Å²) in [5.41, 5.74) is 0.276. The van der Waals surface area contributed by atoms with Crippen molar-refractivity contribution < 1.29 is 27.5 Å². The van der Waals surface area contributed by atoms with E-state index in [1.54, 1.807) is 4.90 Å². The van der Waals surface area contributed by atoms with Crippen LogP contribution in [-0.2, 0) is 22.3 Å². The zero-order valence-electron chi connectivity index (χ0n) is 15.7. The number of amides is 3. The Labute approximate surface area is 164 Å². The Bertz CT molecular complexity index is 834. The van der Waals surface area contributed by atoms with Gasteiger partial charge in [-0.2, -0.15) is 9.78 Å². The third kappa shape index (κ3) is 3.24. The average Bonchev–Trinajstić information content (AvgIpc) is 3.02. The molecule has 0 bridgehead atoms. The summed E-state index contributed by atoms with van der Waals surface area (Å²) < 4.78 is 43.1. The second kappa shape index (κ2) is 6.10. The van der Waals surface area contributed by atoms with Crippen LogP contribution in [0.4, 0.5) is 18.0 Å². The summed E-state index contributed by atoms with van der Waals surface area (Å²) in [5.74, 6) is 0.188. The highest BCUT2D eigenvalue weighted by atomic mass is 19.4. The van der Waals surface area contributed by atoms with Gasteiger partial charge in [0.1, 0.15) is 6.61 Å². The van der Waals surface area contributed by atoms with Crippen molar-refractivity contribution >= 4 is 11.9 Å². The molecule has 3 amide bonds. The zero-order chi connectivity index (χ0) is 20.4. The minimum absolute atomic E-state index is 0.0176. The Balaban J connectivity index is 1.06. The predicted octanol–water partition coefficient (Wildman–Crippen LogP) is 0.935. The van der Waals surface area contributed by atoms with Crippen LogP contribution in [0.15, 0.2) is 12.4 Å². The van der Waals surface area contributed by atoms with Crippen LogP contribution in [0.1, 0.15) is 18.4 Å². The summed E-state index contributed by atoms with van der Waals surface area (Å²) in [4.78, 5) is 27.6. The molecular weight excluding hydrogens is 391 g/mol. The van der Waals surface area contributed by atoms with Crippen molar-refractivity contribution in [3.63, 3.8) is 0 Å². The van der Waals surface area contributed by atoms with Gasteiger partial charge in [0.25, 0.3) is 0 Å². The highest BCUT2D eigenvalue weighted by Crippen LogP contribution is 2.53. The Morgan fingerprint density at radius 3 is 2.55 bits per heavy atom. The van der Waals surface area contributed by atoms with Crippen molar-refractivity contribution in [2.45, 2.75) is 31.1 Å². The zero-order valence-corrected chi connectivity index (χ0v) is 15.7. The number of carbonyl (C=O) groups is 2. The van der Waals surface area contributed by atoms with Crippen molar-refractivity contribution in [3.8, 4) is 0 Å². The molecule has 2 spiro atoms. The monoisotopic (exact) mass is 413 g/mol. The van der Waals surface area contributed by atoms with Crippen molar-refractivity contribution in [1.82, 2.24) is 24.9 Å². The molecular formula is C18H22F3N5O3. The van der Waals surface area contributed by atoms with Crippen LogP contribution in [0.3, 0.4) is 0 Å². The number of alkyl halides is 3. The van der Waals surface area contributed by atoms with E-state index in [-0.39, 0.29) is 28.6 Å². The normalized spacial score (nSPS) is 25.4. The maximum Gasteiger partial charge on any atom is 0.504 e. The molecule has 1 aliphatic carbocycles. The van der Waals surface area contributed by atoms with Crippen LogP contribution in [0, 0.1) is 11.3 Å². The molecule has 0 atom stereocenters. The number of aromatic nitrogens is 2. The SMILES string of the molecule is O=C1COCC2(CN(C(=O)N3CC4(CC(Cc5cnn(C(F)(F)F)c5)C4)C3)C2)N1. The number of nitrogens with zero attached hydrogens (tertiary/aromatic N) is 4. The second-order valence-electron chi connectivity index (χ2n) is 9.06. The fraction of sp³-hybridized carbons (Fsp3) is 0.722. The van der Waals surface area contributed by atoms with Gasteiger partial charge < -0.3 is 19.9 Å². The summed E-state index contributed by atoms with van der Waals surface area (Å²) in [6.45, 7) is 2.81. The third-order valence-electron chi connectivity index (χ3n) is 6.46. The topological polar surface area (TPSA) is 79.7 Å². The highest BCUT2D eigenvalue weighted by molar-refractivity contribution is 5.81. The van der Waals surface area contributed by atoms with E-state index in [2.05, 4.69) is 10.4 Å². The first-order chi connectivity index (χ1) is 13.7. The first-order valence-corrected chi connectivity index (χ1v) is 9.69. The molecule has 4 aliphatic rings. The van der Waals surface area contributed by atoms with E-state index in [1.807, 2.05) is 4.90 Å². The van der Waals surface area contributed by atoms with Crippen LogP contribution in [-0.4, -0.2) is 76.5 Å². The molecule has 3 saturated heterocycles. The maximum absolute atomic E-state index is 12.6. The van der Waals surface area contributed by atoms with Gasteiger partial charge in [-0.3, -0.25) is 4.79 Å². The molecule has 1 saturated carbocycles. The molecule has 0 radical (unpaired) electrons. The molecule has 4 heterocycles. The van der Waals surface area contributed by atoms with Crippen molar-refractivity contribution in [3.05, 3.63) is 18.0 Å². The lowest BCUT2D eigenvalue weighted by molar-refractivity contribution is -0.212. The van der Waals surface area contributed by atoms with Gasteiger partial charge in [-0.1, -0.05) is 0 Å². The number of rotatable bonds is 2. The lowest BCUT2D eigenvalue weighted by Crippen LogP contribution is -2.78. The summed E-state index contributed by atoms with van der Waals surface area (Å²) >= 11 is 0. The number of morpholine rings is 1. The summed E-state index contributed by atoms with van der Waals surface area (Å²) in [6.07, 6.45) is 0.275. The van der Waals surface area contributed by atoms with Gasteiger partial charge in [0.05, 0.1) is 18.3 Å². The molecule has 0 unspecified atom stereocenters. The van der Waals surface area contributed by atoms with Gasteiger partial charge >= 0.3 is 12.3 Å². The molecule has 158 valence electrons. The molecule has 3 aliphatic heterocycles. The van der Waals surface area contributed by atoms with Crippen LogP contribution < -0.4 is 5.32 Å². The molecule has 8 nitrogen and oxygen atoms in total. The molecule has 11 heteroatoms. The molecule has 0 aromatic carbocycles. The number of hydrogen-bond acceptors (Lipinski definition) is 4. The smallest absolute Gasteiger partial charge is 0.369 e. The highest BCUT2D eigenvalue weighted by Gasteiger charge is 2.56. The van der Waals surface area contributed by atoms with E-state index in [1.165, 1.54) is 6.20 Å². The van der Waals surface area contributed by atoms with Crippen LogP contribution in [0.25, 0.3) is 0 Å². The number of carbonyl (C=O) groups excluding carboxylic acids is 2. The van der Waals surface area contributed by atoms with E-state index < -0.39 is 11.8 Å². The molecule has 1 N–H and O–H groups in total. The average molecular weight is 413 g/mol. The number of nitrogens with one attached hydrogen (secondary N) is 1. The van der Waals surface area contributed by atoms with Crippen molar-refractivity contribution in [1.29, 1.82) is 0 Å². The summed E-state index contributed by atoms with van der Waals surface area (Å²) in [6, 6.07) is -0.0176. The number of halogens is 3. The summed E-state index contributed by atoms with van der Waals surface area (Å²) in [7, 11) is 0. The number of urea groups is 1. The van der Waals surface area contributed by atoms with Gasteiger partial charge in [-0.25, -0.2) is 4.79 Å². The Morgan fingerprint density at radius 1 is 1.24 bits per heavy atom. The first-order valence-electron chi connectivity index (χ1n) is 9.69. The number of likely N-dealkylation sites (tertiary alicyclic amines) is 2. The van der Waals surface area contributed by atoms with Gasteiger partial charge in [0.2, 0.25) is 5.91 Å². The molecule has 4 fully saturated rings. The maximum atomic E-state index is 12.6. The molecule has 29 heavy (non-hydrogen) atoms. The Kier molecular flexibility index (Phi) is 3.94. The Morgan fingerprint density at radius 2 is 1.93 bits per heavy atom. The minimum Gasteiger partial charge on any atom is -0.369 e. The van der Waals surface area contributed by atoms with Crippen molar-refractivity contribution in [2.75, 3.05) is 39.4 Å². The van der Waals surface area contributed by atoms with E-state index in [0.717, 1.165) is 19.0 Å². The van der Waals surface area contributed by atoms with E-state index in [0.29, 0.717) is 50.7 Å². The third-order valence-corrected chi connectivity index (χ3v) is 6.46. The lowest BCUT2D eigenvalue weighted by Gasteiger charge is -2.61. The van der Waals surface area contributed by atoms with Crippen LogP contribution in [0.2, 0.25) is 0 Å². The second-order valence-corrected chi connectivity index (χ2v) is 9.06. The fourth-order valence-electron chi connectivity index (χ4n) is 5.30. The Hall–Kier alpha value is -2.30. The standard InChI is InChI=1S/C18H22F3N5O3/c19-18(20,21)26-5-13(4-22-26)1-12-2-16(3-12)7-24(8-16)15(28)25-9-17(10-25)11-29-6-14(27)23-17/h4-5,12H,1-3,6-11H2,(H,23,27). The van der Waals surface area contributed by atoms with E-state index in [9.17, 15) is 22.8 Å². The first kappa shape index (κ1) is 18.7. The number of hydrogen-bond donors (Lipinski definition) is 1. The van der Waals surface area contributed by atoms with Gasteiger partial charge in [0.15, 0.2) is 0 Å². The van der Waals surface area contributed by atoms with Gasteiger partial charge in [-0.15, -0.1) is 13.2 Å². The molecule has 1 aromatic heterocycles. The minimum atomic E-state index is -4.48.